The van der Waals surface area contributed by atoms with Crippen molar-refractivity contribution >= 4 is 0 Å². The summed E-state index contributed by atoms with van der Waals surface area (Å²) < 4.78 is 49.6. The Hall–Kier alpha value is -3.61. The predicted octanol–water partition coefficient (Wildman–Crippen LogP) is 2.68. The van der Waals surface area contributed by atoms with E-state index in [4.69, 9.17) is 4.74 Å². The van der Waals surface area contributed by atoms with E-state index in [2.05, 4.69) is 20.4 Å². The number of aliphatic hydroxyl groups excluding tert-OH is 2. The molecule has 3 heterocycles. The molecule has 4 unspecified atom stereocenters. The van der Waals surface area contributed by atoms with Gasteiger partial charge in [-0.3, -0.25) is 0 Å². The highest BCUT2D eigenvalue weighted by Crippen LogP contribution is 2.38. The minimum absolute atomic E-state index is 0.0105. The van der Waals surface area contributed by atoms with Crippen LogP contribution in [0.25, 0.3) is 16.9 Å². The lowest BCUT2D eigenvalue weighted by Crippen LogP contribution is -2.45. The van der Waals surface area contributed by atoms with Gasteiger partial charge < -0.3 is 14.9 Å². The van der Waals surface area contributed by atoms with Gasteiger partial charge in [-0.25, -0.2) is 27.5 Å². The smallest absolute Gasteiger partial charge is 0.194 e. The summed E-state index contributed by atoms with van der Waals surface area (Å²) in [5.41, 5.74) is 1.87. The molecule has 2 aromatic heterocycles. The third kappa shape index (κ3) is 4.31. The molecule has 0 saturated carbocycles. The second-order valence-corrected chi connectivity index (χ2v) is 8.35. The van der Waals surface area contributed by atoms with Crippen molar-refractivity contribution in [1.82, 2.24) is 29.8 Å². The van der Waals surface area contributed by atoms with Crippen LogP contribution in [0, 0.1) is 24.4 Å². The summed E-state index contributed by atoms with van der Waals surface area (Å²) >= 11 is 0. The zero-order chi connectivity index (χ0) is 24.7. The lowest BCUT2D eigenvalue weighted by atomic mass is 9.95. The van der Waals surface area contributed by atoms with Gasteiger partial charge in [-0.1, -0.05) is 17.3 Å². The first-order valence-electron chi connectivity index (χ1n) is 10.8. The van der Waals surface area contributed by atoms with Crippen LogP contribution in [0.15, 0.2) is 48.9 Å². The molecule has 9 nitrogen and oxygen atoms in total. The molecule has 0 bridgehead atoms. The molecule has 12 heteroatoms. The van der Waals surface area contributed by atoms with Gasteiger partial charge in [-0.05, 0) is 36.8 Å². The second-order valence-electron chi connectivity index (χ2n) is 8.35. The Morgan fingerprint density at radius 3 is 2.63 bits per heavy atom. The average molecular weight is 486 g/mol. The van der Waals surface area contributed by atoms with Crippen molar-refractivity contribution in [3.05, 3.63) is 77.8 Å². The van der Waals surface area contributed by atoms with Crippen molar-refractivity contribution in [2.75, 3.05) is 6.61 Å². The number of aryl methyl sites for hydroxylation is 1. The maximum Gasteiger partial charge on any atom is 0.194 e. The monoisotopic (exact) mass is 486 g/mol. The Morgan fingerprint density at radius 1 is 1.14 bits per heavy atom. The van der Waals surface area contributed by atoms with Gasteiger partial charge in [-0.15, -0.1) is 5.10 Å². The lowest BCUT2D eigenvalue weighted by molar-refractivity contribution is -0.161. The highest BCUT2D eigenvalue weighted by molar-refractivity contribution is 5.57. The number of hydrogen-bond acceptors (Lipinski definition) is 7. The van der Waals surface area contributed by atoms with Gasteiger partial charge in [0.2, 0.25) is 0 Å². The number of aliphatic hydroxyl groups is 2. The van der Waals surface area contributed by atoms with E-state index in [0.29, 0.717) is 5.82 Å². The number of rotatable bonds is 5. The van der Waals surface area contributed by atoms with Gasteiger partial charge in [0, 0.05) is 12.0 Å². The average Bonchev–Trinajstić information content (AvgIpc) is 3.53. The molecule has 2 aromatic carbocycles. The molecule has 4 atom stereocenters. The molecule has 35 heavy (non-hydrogen) atoms. The first kappa shape index (κ1) is 23.1. The van der Waals surface area contributed by atoms with E-state index in [9.17, 15) is 23.4 Å². The first-order valence-corrected chi connectivity index (χ1v) is 10.8. The summed E-state index contributed by atoms with van der Waals surface area (Å²) in [6, 6.07) is 8.56. The minimum Gasteiger partial charge on any atom is -0.394 e. The van der Waals surface area contributed by atoms with Crippen molar-refractivity contribution in [2.45, 2.75) is 37.7 Å². The molecule has 0 aliphatic carbocycles. The fourth-order valence-corrected chi connectivity index (χ4v) is 4.24. The van der Waals surface area contributed by atoms with Crippen LogP contribution in [0.4, 0.5) is 13.2 Å². The molecule has 1 aliphatic rings. The van der Waals surface area contributed by atoms with Crippen LogP contribution in [0.5, 0.6) is 0 Å². The van der Waals surface area contributed by atoms with Gasteiger partial charge in [-0.2, -0.15) is 5.10 Å². The second kappa shape index (κ2) is 9.21. The normalized spacial score (nSPS) is 22.5. The third-order valence-electron chi connectivity index (χ3n) is 5.99. The molecule has 2 N–H and O–H groups in total. The minimum atomic E-state index is -1.58. The first-order chi connectivity index (χ1) is 16.9. The van der Waals surface area contributed by atoms with E-state index >= 15 is 0 Å². The van der Waals surface area contributed by atoms with Crippen molar-refractivity contribution in [3.8, 4) is 16.9 Å². The maximum atomic E-state index is 13.7. The van der Waals surface area contributed by atoms with E-state index in [0.717, 1.165) is 23.4 Å². The molecule has 5 rings (SSSR count). The summed E-state index contributed by atoms with van der Waals surface area (Å²) in [6.07, 6.45) is 0.175. The molecular weight excluding hydrogens is 465 g/mol. The fourth-order valence-electron chi connectivity index (χ4n) is 4.24. The predicted molar refractivity (Wildman–Crippen MR) is 116 cm³/mol. The highest BCUT2D eigenvalue weighted by atomic mass is 19.2. The van der Waals surface area contributed by atoms with E-state index in [-0.39, 0.29) is 17.7 Å². The Bertz CT molecular complexity index is 1340. The number of benzene rings is 2. The van der Waals surface area contributed by atoms with Gasteiger partial charge in [0.25, 0.3) is 0 Å². The van der Waals surface area contributed by atoms with E-state index in [1.165, 1.54) is 17.2 Å². The number of nitrogens with zero attached hydrogens (tertiary/aromatic N) is 6. The molecule has 0 spiro atoms. The summed E-state index contributed by atoms with van der Waals surface area (Å²) in [4.78, 5) is 4.35. The lowest BCUT2D eigenvalue weighted by Gasteiger charge is -2.38. The summed E-state index contributed by atoms with van der Waals surface area (Å²) in [6.45, 7) is 1.48. The van der Waals surface area contributed by atoms with Crippen LogP contribution < -0.4 is 0 Å². The Morgan fingerprint density at radius 2 is 1.91 bits per heavy atom. The summed E-state index contributed by atoms with van der Waals surface area (Å²) in [7, 11) is 0. The fraction of sp³-hybridized carbons (Fsp3) is 0.304. The quantitative estimate of drug-likeness (QED) is 0.417. The Labute approximate surface area is 197 Å². The van der Waals surface area contributed by atoms with E-state index in [1.807, 2.05) is 31.2 Å². The molecule has 0 radical (unpaired) electrons. The molecular formula is C23H21F3N6O3. The number of aromatic nitrogens is 6. The zero-order valence-corrected chi connectivity index (χ0v) is 18.5. The van der Waals surface area contributed by atoms with Crippen molar-refractivity contribution in [3.63, 3.8) is 0 Å². The Balaban J connectivity index is 1.47. The number of ether oxygens (including phenoxy) is 1. The number of halogens is 3. The van der Waals surface area contributed by atoms with E-state index < -0.39 is 48.4 Å². The van der Waals surface area contributed by atoms with Crippen LogP contribution in [0.2, 0.25) is 0 Å². The largest absolute Gasteiger partial charge is 0.394 e. The summed E-state index contributed by atoms with van der Waals surface area (Å²) in [5.74, 6) is -3.81. The molecule has 1 fully saturated rings. The summed E-state index contributed by atoms with van der Waals surface area (Å²) in [5, 5.41) is 32.9. The zero-order valence-electron chi connectivity index (χ0n) is 18.5. The maximum absolute atomic E-state index is 13.7. The van der Waals surface area contributed by atoms with Crippen LogP contribution in [0.1, 0.15) is 30.0 Å². The van der Waals surface area contributed by atoms with Gasteiger partial charge in [0.1, 0.15) is 30.3 Å². The highest BCUT2D eigenvalue weighted by Gasteiger charge is 2.41. The van der Waals surface area contributed by atoms with Crippen LogP contribution in [0.3, 0.4) is 0 Å². The molecule has 4 aromatic rings. The number of hydrogen-bond donors (Lipinski definition) is 2. The van der Waals surface area contributed by atoms with Crippen molar-refractivity contribution in [2.24, 2.45) is 0 Å². The topological polar surface area (TPSA) is 111 Å². The SMILES string of the molecule is Cc1cccc(-n2ncnc2C2CC(n3cc(-c4cc(F)c(F)c(F)c4)nn3)C(O)C(CO)O2)c1. The molecule has 1 aliphatic heterocycles. The van der Waals surface area contributed by atoms with Crippen molar-refractivity contribution in [1.29, 1.82) is 0 Å². The van der Waals surface area contributed by atoms with Gasteiger partial charge in [0.15, 0.2) is 23.3 Å². The molecule has 1 saturated heterocycles. The molecule has 0 amide bonds. The third-order valence-corrected chi connectivity index (χ3v) is 5.99. The van der Waals surface area contributed by atoms with Crippen LogP contribution in [-0.4, -0.2) is 58.8 Å². The van der Waals surface area contributed by atoms with Gasteiger partial charge >= 0.3 is 0 Å². The van der Waals surface area contributed by atoms with E-state index in [1.54, 1.807) is 4.68 Å². The van der Waals surface area contributed by atoms with Crippen LogP contribution in [-0.2, 0) is 4.74 Å². The van der Waals surface area contributed by atoms with Gasteiger partial charge in [0.05, 0.1) is 24.5 Å². The van der Waals surface area contributed by atoms with Crippen LogP contribution >= 0.6 is 0 Å². The standard InChI is InChI=1S/C23H21F3N6O3/c1-12-3-2-4-14(5-12)32-23(27-11-28-32)19-8-18(22(34)20(10-33)35-19)31-9-17(29-30-31)13-6-15(24)21(26)16(25)7-13/h2-7,9,11,18-20,22,33-34H,8,10H2,1H3. The Kier molecular flexibility index (Phi) is 6.09. The molecule has 182 valence electrons. The van der Waals surface area contributed by atoms with Crippen molar-refractivity contribution < 1.29 is 28.1 Å².